The highest BCUT2D eigenvalue weighted by Crippen LogP contribution is 2.32. The van der Waals surface area contributed by atoms with E-state index >= 15 is 0 Å². The zero-order valence-electron chi connectivity index (χ0n) is 24.8. The van der Waals surface area contributed by atoms with E-state index in [4.69, 9.17) is 16.3 Å². The first-order valence-corrected chi connectivity index (χ1v) is 14.0. The standard InChI is InChI=1S/C33H37ClN4O4/c1-21-12-10-13-22(2)27(21)29(30(39)37-28-23(3)14-11-17-25(28)34)38(19-18-35)31(40)26(20-24-15-8-7-9-16-24)36-32(41)42-33(4,5)6/h7-17,26,29H,19-20H2,1-6H3,(H,36,41)(H,37,39). The Labute approximate surface area is 252 Å². The molecule has 3 rings (SSSR count). The molecule has 220 valence electrons. The van der Waals surface area contributed by atoms with Gasteiger partial charge in [-0.1, -0.05) is 72.3 Å². The highest BCUT2D eigenvalue weighted by Gasteiger charge is 2.38. The molecule has 0 saturated heterocycles. The number of aryl methyl sites for hydroxylation is 3. The zero-order valence-corrected chi connectivity index (χ0v) is 25.6. The van der Waals surface area contributed by atoms with Gasteiger partial charge in [-0.15, -0.1) is 0 Å². The van der Waals surface area contributed by atoms with Crippen LogP contribution in [0.4, 0.5) is 10.5 Å². The van der Waals surface area contributed by atoms with E-state index in [0.29, 0.717) is 16.3 Å². The van der Waals surface area contributed by atoms with Crippen LogP contribution in [0.25, 0.3) is 0 Å². The Morgan fingerprint density at radius 3 is 2.10 bits per heavy atom. The molecule has 3 aromatic rings. The first-order valence-electron chi connectivity index (χ1n) is 13.7. The number of carbonyl (C=O) groups excluding carboxylic acids is 3. The molecule has 0 aliphatic rings. The van der Waals surface area contributed by atoms with Gasteiger partial charge in [0.25, 0.3) is 5.91 Å². The molecule has 0 spiro atoms. The number of hydrogen-bond donors (Lipinski definition) is 2. The third-order valence-corrected chi connectivity index (χ3v) is 6.96. The zero-order chi connectivity index (χ0) is 31.0. The van der Waals surface area contributed by atoms with E-state index in [2.05, 4.69) is 10.6 Å². The van der Waals surface area contributed by atoms with Crippen molar-refractivity contribution in [3.8, 4) is 6.07 Å². The predicted molar refractivity (Wildman–Crippen MR) is 164 cm³/mol. The molecule has 2 atom stereocenters. The summed E-state index contributed by atoms with van der Waals surface area (Å²) >= 11 is 6.43. The number of amides is 3. The topological polar surface area (TPSA) is 112 Å². The largest absolute Gasteiger partial charge is 0.444 e. The molecule has 0 aliphatic carbocycles. The van der Waals surface area contributed by atoms with E-state index in [1.54, 1.807) is 32.9 Å². The molecule has 8 nitrogen and oxygen atoms in total. The molecule has 0 heterocycles. The SMILES string of the molecule is Cc1cccc(Cl)c1NC(=O)C(c1c(C)cccc1C)N(CC#N)C(=O)C(Cc1ccccc1)NC(=O)OC(C)(C)C. The quantitative estimate of drug-likeness (QED) is 0.280. The number of nitrogens with one attached hydrogen (secondary N) is 2. The molecule has 9 heteroatoms. The maximum absolute atomic E-state index is 14.4. The van der Waals surface area contributed by atoms with Crippen LogP contribution >= 0.6 is 11.6 Å². The van der Waals surface area contributed by atoms with E-state index in [9.17, 15) is 19.6 Å². The Morgan fingerprint density at radius 2 is 1.52 bits per heavy atom. The van der Waals surface area contributed by atoms with E-state index in [0.717, 1.165) is 22.3 Å². The second-order valence-electron chi connectivity index (χ2n) is 11.1. The van der Waals surface area contributed by atoms with Crippen LogP contribution in [-0.4, -0.2) is 41.0 Å². The van der Waals surface area contributed by atoms with Crippen LogP contribution in [0.5, 0.6) is 0 Å². The Bertz CT molecular complexity index is 1440. The Balaban J connectivity index is 2.12. The molecule has 0 radical (unpaired) electrons. The molecule has 3 amide bonds. The summed E-state index contributed by atoms with van der Waals surface area (Å²) in [5.74, 6) is -1.15. The van der Waals surface area contributed by atoms with Crippen LogP contribution in [0.1, 0.15) is 54.6 Å². The fourth-order valence-electron chi connectivity index (χ4n) is 4.74. The van der Waals surface area contributed by atoms with Crippen LogP contribution in [-0.2, 0) is 20.7 Å². The van der Waals surface area contributed by atoms with Gasteiger partial charge in [-0.2, -0.15) is 5.26 Å². The monoisotopic (exact) mass is 588 g/mol. The van der Waals surface area contributed by atoms with E-state index in [-0.39, 0.29) is 6.42 Å². The van der Waals surface area contributed by atoms with E-state index < -0.39 is 42.1 Å². The summed E-state index contributed by atoms with van der Waals surface area (Å²) in [5.41, 5.74) is 3.25. The molecule has 0 aliphatic heterocycles. The summed E-state index contributed by atoms with van der Waals surface area (Å²) in [5, 5.41) is 15.8. The number of anilines is 1. The van der Waals surface area contributed by atoms with Crippen molar-refractivity contribution in [3.63, 3.8) is 0 Å². The lowest BCUT2D eigenvalue weighted by atomic mass is 9.93. The maximum atomic E-state index is 14.4. The van der Waals surface area contributed by atoms with Gasteiger partial charge in [0.05, 0.1) is 16.8 Å². The van der Waals surface area contributed by atoms with Gasteiger partial charge >= 0.3 is 6.09 Å². The van der Waals surface area contributed by atoms with Crippen molar-refractivity contribution < 1.29 is 19.1 Å². The second-order valence-corrected chi connectivity index (χ2v) is 11.5. The molecule has 2 N–H and O–H groups in total. The number of nitrogens with zero attached hydrogens (tertiary/aromatic N) is 2. The van der Waals surface area contributed by atoms with Crippen molar-refractivity contribution in [2.75, 3.05) is 11.9 Å². The van der Waals surface area contributed by atoms with Gasteiger partial charge in [0, 0.05) is 6.42 Å². The number of benzene rings is 3. The van der Waals surface area contributed by atoms with Crippen LogP contribution in [0, 0.1) is 32.1 Å². The first-order chi connectivity index (χ1) is 19.8. The lowest BCUT2D eigenvalue weighted by Crippen LogP contribution is -2.53. The summed E-state index contributed by atoms with van der Waals surface area (Å²) in [6.07, 6.45) is -0.667. The summed E-state index contributed by atoms with van der Waals surface area (Å²) in [6, 6.07) is 19.7. The predicted octanol–water partition coefficient (Wildman–Crippen LogP) is 6.43. The van der Waals surface area contributed by atoms with Crippen molar-refractivity contribution in [2.24, 2.45) is 0 Å². The minimum absolute atomic E-state index is 0.117. The molecule has 0 bridgehead atoms. The molecule has 2 unspecified atom stereocenters. The van der Waals surface area contributed by atoms with Crippen LogP contribution in [0.15, 0.2) is 66.7 Å². The average molecular weight is 589 g/mol. The van der Waals surface area contributed by atoms with Gasteiger partial charge in [0.1, 0.15) is 24.2 Å². The van der Waals surface area contributed by atoms with Crippen LogP contribution in [0.2, 0.25) is 5.02 Å². The third-order valence-electron chi connectivity index (χ3n) is 6.64. The Hall–Kier alpha value is -4.35. The highest BCUT2D eigenvalue weighted by atomic mass is 35.5. The van der Waals surface area contributed by atoms with Gasteiger partial charge in [-0.05, 0) is 75.4 Å². The number of alkyl carbamates (subject to hydrolysis) is 1. The second kappa shape index (κ2) is 14.0. The van der Waals surface area contributed by atoms with E-state index in [1.807, 2.05) is 81.4 Å². The highest BCUT2D eigenvalue weighted by molar-refractivity contribution is 6.34. The van der Waals surface area contributed by atoms with E-state index in [1.165, 1.54) is 4.90 Å². The van der Waals surface area contributed by atoms with Crippen molar-refractivity contribution in [1.82, 2.24) is 10.2 Å². The summed E-state index contributed by atoms with van der Waals surface area (Å²) < 4.78 is 5.45. The normalized spacial score (nSPS) is 12.4. The molecular formula is C33H37ClN4O4. The lowest BCUT2D eigenvalue weighted by molar-refractivity contribution is -0.140. The first kappa shape index (κ1) is 32.2. The Morgan fingerprint density at radius 1 is 0.929 bits per heavy atom. The van der Waals surface area contributed by atoms with Crippen molar-refractivity contribution >= 4 is 35.2 Å². The summed E-state index contributed by atoms with van der Waals surface area (Å²) in [7, 11) is 0. The fraction of sp³-hybridized carbons (Fsp3) is 0.333. The summed E-state index contributed by atoms with van der Waals surface area (Å²) in [4.78, 5) is 42.6. The minimum atomic E-state index is -1.20. The van der Waals surface area contributed by atoms with Gasteiger partial charge < -0.3 is 20.3 Å². The van der Waals surface area contributed by atoms with Crippen LogP contribution < -0.4 is 10.6 Å². The average Bonchev–Trinajstić information content (AvgIpc) is 2.91. The van der Waals surface area contributed by atoms with Gasteiger partial charge in [-0.25, -0.2) is 4.79 Å². The van der Waals surface area contributed by atoms with Gasteiger partial charge in [0.15, 0.2) is 0 Å². The molecule has 42 heavy (non-hydrogen) atoms. The smallest absolute Gasteiger partial charge is 0.408 e. The number of carbonyl (C=O) groups is 3. The van der Waals surface area contributed by atoms with Gasteiger partial charge in [-0.3, -0.25) is 9.59 Å². The number of nitriles is 1. The summed E-state index contributed by atoms with van der Waals surface area (Å²) in [6.45, 7) is 10.3. The Kier molecular flexibility index (Phi) is 10.7. The lowest BCUT2D eigenvalue weighted by Gasteiger charge is -2.34. The number of ether oxygens (including phenoxy) is 1. The maximum Gasteiger partial charge on any atom is 0.408 e. The number of para-hydroxylation sites is 1. The van der Waals surface area contributed by atoms with Crippen molar-refractivity contribution in [2.45, 2.75) is 65.6 Å². The minimum Gasteiger partial charge on any atom is -0.444 e. The number of halogens is 1. The fourth-order valence-corrected chi connectivity index (χ4v) is 5.01. The number of rotatable bonds is 9. The van der Waals surface area contributed by atoms with Crippen molar-refractivity contribution in [3.05, 3.63) is 99.6 Å². The third kappa shape index (κ3) is 8.34. The molecule has 3 aromatic carbocycles. The molecule has 0 aromatic heterocycles. The van der Waals surface area contributed by atoms with Gasteiger partial charge in [0.2, 0.25) is 5.91 Å². The number of hydrogen-bond acceptors (Lipinski definition) is 5. The van der Waals surface area contributed by atoms with Crippen molar-refractivity contribution in [1.29, 1.82) is 5.26 Å². The molecular weight excluding hydrogens is 552 g/mol. The molecule has 0 fully saturated rings. The van der Waals surface area contributed by atoms with Crippen LogP contribution in [0.3, 0.4) is 0 Å². The molecule has 0 saturated carbocycles.